The van der Waals surface area contributed by atoms with Crippen LogP contribution in [0.2, 0.25) is 0 Å². The Kier molecular flexibility index (Phi) is 1.64. The number of aromatic nitrogens is 2. The van der Waals surface area contributed by atoms with E-state index in [-0.39, 0.29) is 0 Å². The molecular formula is C8H12N2O. The summed E-state index contributed by atoms with van der Waals surface area (Å²) in [5.41, 5.74) is 0. The average Bonchev–Trinajstić information content (AvgIpc) is 2.68. The maximum atomic E-state index is 4.98. The minimum atomic E-state index is 0.764. The molecule has 0 saturated heterocycles. The molecule has 0 spiro atoms. The molecule has 0 radical (unpaired) electrons. The molecule has 1 heterocycles. The van der Waals surface area contributed by atoms with E-state index in [0.717, 1.165) is 30.5 Å². The molecule has 11 heavy (non-hydrogen) atoms. The Labute approximate surface area is 65.8 Å². The molecule has 1 fully saturated rings. The second-order valence-electron chi connectivity index (χ2n) is 3.11. The maximum absolute atomic E-state index is 4.98. The van der Waals surface area contributed by atoms with Gasteiger partial charge in [0.1, 0.15) is 0 Å². The lowest BCUT2D eigenvalue weighted by molar-refractivity contribution is 0.376. The molecule has 0 aromatic carbocycles. The summed E-state index contributed by atoms with van der Waals surface area (Å²) < 4.78 is 4.98. The summed E-state index contributed by atoms with van der Waals surface area (Å²) in [6, 6.07) is 0. The maximum Gasteiger partial charge on any atom is 0.226 e. The smallest absolute Gasteiger partial charge is 0.226 e. The first-order valence-electron chi connectivity index (χ1n) is 4.20. The minimum absolute atomic E-state index is 0.764. The van der Waals surface area contributed by atoms with Crippen molar-refractivity contribution in [2.45, 2.75) is 32.6 Å². The number of aryl methyl sites for hydroxylation is 1. The highest BCUT2D eigenvalue weighted by atomic mass is 16.5. The quantitative estimate of drug-likeness (QED) is 0.660. The molecule has 1 aliphatic rings. The van der Waals surface area contributed by atoms with Crippen LogP contribution in [0.4, 0.5) is 0 Å². The highest BCUT2D eigenvalue weighted by molar-refractivity contribution is 4.91. The zero-order chi connectivity index (χ0) is 7.68. The first-order valence-corrected chi connectivity index (χ1v) is 4.20. The second-order valence-corrected chi connectivity index (χ2v) is 3.11. The van der Waals surface area contributed by atoms with Crippen molar-refractivity contribution in [2.24, 2.45) is 5.92 Å². The highest BCUT2D eigenvalue weighted by Gasteiger charge is 2.23. The fraction of sp³-hybridized carbons (Fsp3) is 0.750. The molecule has 60 valence electrons. The van der Waals surface area contributed by atoms with Crippen molar-refractivity contribution in [3.05, 3.63) is 11.7 Å². The molecule has 3 heteroatoms. The summed E-state index contributed by atoms with van der Waals surface area (Å²) >= 11 is 0. The van der Waals surface area contributed by atoms with Gasteiger partial charge in [0.15, 0.2) is 5.82 Å². The van der Waals surface area contributed by atoms with Crippen LogP contribution in [0.25, 0.3) is 0 Å². The van der Waals surface area contributed by atoms with Gasteiger partial charge in [-0.1, -0.05) is 12.1 Å². The van der Waals surface area contributed by atoms with Crippen LogP contribution in [0.15, 0.2) is 4.52 Å². The molecule has 0 bridgehead atoms. The molecule has 0 atom stereocenters. The van der Waals surface area contributed by atoms with Crippen LogP contribution in [0.1, 0.15) is 31.5 Å². The summed E-state index contributed by atoms with van der Waals surface area (Å²) in [5, 5.41) is 3.88. The second kappa shape index (κ2) is 2.64. The van der Waals surface area contributed by atoms with Gasteiger partial charge in [-0.3, -0.25) is 0 Å². The van der Waals surface area contributed by atoms with Crippen molar-refractivity contribution in [2.75, 3.05) is 0 Å². The lowest BCUT2D eigenvalue weighted by atomic mass is 10.3. The van der Waals surface area contributed by atoms with E-state index in [1.165, 1.54) is 12.8 Å². The Morgan fingerprint density at radius 1 is 1.55 bits per heavy atom. The Morgan fingerprint density at radius 2 is 2.36 bits per heavy atom. The summed E-state index contributed by atoms with van der Waals surface area (Å²) in [5.74, 6) is 2.50. The minimum Gasteiger partial charge on any atom is -0.339 e. The van der Waals surface area contributed by atoms with E-state index in [0.29, 0.717) is 0 Å². The van der Waals surface area contributed by atoms with Crippen molar-refractivity contribution >= 4 is 0 Å². The van der Waals surface area contributed by atoms with Gasteiger partial charge >= 0.3 is 0 Å². The van der Waals surface area contributed by atoms with Gasteiger partial charge in [-0.05, 0) is 18.8 Å². The van der Waals surface area contributed by atoms with Gasteiger partial charge in [-0.2, -0.15) is 4.98 Å². The van der Waals surface area contributed by atoms with Gasteiger partial charge in [0, 0.05) is 12.8 Å². The predicted molar refractivity (Wildman–Crippen MR) is 40.1 cm³/mol. The van der Waals surface area contributed by atoms with E-state index < -0.39 is 0 Å². The summed E-state index contributed by atoms with van der Waals surface area (Å²) in [6.45, 7) is 2.02. The number of hydrogen-bond acceptors (Lipinski definition) is 3. The SMILES string of the molecule is CCc1nc(CC2CC2)no1. The summed E-state index contributed by atoms with van der Waals surface area (Å²) in [4.78, 5) is 4.23. The van der Waals surface area contributed by atoms with E-state index in [1.54, 1.807) is 0 Å². The van der Waals surface area contributed by atoms with Crippen LogP contribution < -0.4 is 0 Å². The monoisotopic (exact) mass is 152 g/mol. The normalized spacial score (nSPS) is 17.2. The molecule has 1 saturated carbocycles. The zero-order valence-corrected chi connectivity index (χ0v) is 6.71. The molecule has 2 rings (SSSR count). The topological polar surface area (TPSA) is 38.9 Å². The third kappa shape index (κ3) is 1.59. The molecule has 0 N–H and O–H groups in total. The van der Waals surface area contributed by atoms with E-state index in [4.69, 9.17) is 4.52 Å². The Bertz CT molecular complexity index is 240. The van der Waals surface area contributed by atoms with Crippen LogP contribution in [-0.2, 0) is 12.8 Å². The zero-order valence-electron chi connectivity index (χ0n) is 6.71. The first-order chi connectivity index (χ1) is 5.38. The van der Waals surface area contributed by atoms with E-state index >= 15 is 0 Å². The summed E-state index contributed by atoms with van der Waals surface area (Å²) in [7, 11) is 0. The Balaban J connectivity index is 1.99. The number of nitrogens with zero attached hydrogens (tertiary/aromatic N) is 2. The van der Waals surface area contributed by atoms with Gasteiger partial charge < -0.3 is 4.52 Å². The molecule has 1 aliphatic carbocycles. The van der Waals surface area contributed by atoms with Crippen molar-refractivity contribution in [1.82, 2.24) is 10.1 Å². The van der Waals surface area contributed by atoms with Crippen LogP contribution in [0.3, 0.4) is 0 Å². The van der Waals surface area contributed by atoms with Crippen LogP contribution in [-0.4, -0.2) is 10.1 Å². The number of hydrogen-bond donors (Lipinski definition) is 0. The van der Waals surface area contributed by atoms with Crippen LogP contribution >= 0.6 is 0 Å². The van der Waals surface area contributed by atoms with E-state index in [9.17, 15) is 0 Å². The molecular weight excluding hydrogens is 140 g/mol. The van der Waals surface area contributed by atoms with E-state index in [1.807, 2.05) is 6.92 Å². The van der Waals surface area contributed by atoms with Crippen molar-refractivity contribution in [1.29, 1.82) is 0 Å². The molecule has 1 aromatic heterocycles. The van der Waals surface area contributed by atoms with Gasteiger partial charge in [0.05, 0.1) is 0 Å². The molecule has 0 amide bonds. The van der Waals surface area contributed by atoms with Gasteiger partial charge in [0.25, 0.3) is 0 Å². The average molecular weight is 152 g/mol. The third-order valence-corrected chi connectivity index (χ3v) is 1.98. The van der Waals surface area contributed by atoms with E-state index in [2.05, 4.69) is 10.1 Å². The Hall–Kier alpha value is -0.860. The predicted octanol–water partition coefficient (Wildman–Crippen LogP) is 1.58. The third-order valence-electron chi connectivity index (χ3n) is 1.98. The highest BCUT2D eigenvalue weighted by Crippen LogP contribution is 2.31. The molecule has 1 aromatic rings. The largest absolute Gasteiger partial charge is 0.339 e. The van der Waals surface area contributed by atoms with Crippen molar-refractivity contribution in [3.8, 4) is 0 Å². The van der Waals surface area contributed by atoms with Crippen molar-refractivity contribution in [3.63, 3.8) is 0 Å². The Morgan fingerprint density at radius 3 is 2.91 bits per heavy atom. The fourth-order valence-electron chi connectivity index (χ4n) is 1.10. The lowest BCUT2D eigenvalue weighted by Crippen LogP contribution is -1.89. The molecule has 3 nitrogen and oxygen atoms in total. The molecule has 0 aliphatic heterocycles. The molecule has 0 unspecified atom stereocenters. The number of rotatable bonds is 3. The standard InChI is InChI=1S/C8H12N2O/c1-2-8-9-7(10-11-8)5-6-3-4-6/h6H,2-5H2,1H3. The van der Waals surface area contributed by atoms with Gasteiger partial charge in [-0.15, -0.1) is 0 Å². The first kappa shape index (κ1) is 6.83. The van der Waals surface area contributed by atoms with Crippen LogP contribution in [0.5, 0.6) is 0 Å². The van der Waals surface area contributed by atoms with Crippen LogP contribution in [0, 0.1) is 5.92 Å². The van der Waals surface area contributed by atoms with Crippen molar-refractivity contribution < 1.29 is 4.52 Å². The van der Waals surface area contributed by atoms with Gasteiger partial charge in [0.2, 0.25) is 5.89 Å². The lowest BCUT2D eigenvalue weighted by Gasteiger charge is -1.84. The summed E-state index contributed by atoms with van der Waals surface area (Å²) in [6.07, 6.45) is 4.55. The fourth-order valence-corrected chi connectivity index (χ4v) is 1.10. The van der Waals surface area contributed by atoms with Gasteiger partial charge in [-0.25, -0.2) is 0 Å².